The normalized spacial score (nSPS) is 10.9. The minimum Gasteiger partial charge on any atom is -0.363 e. The van der Waals surface area contributed by atoms with Crippen LogP contribution < -0.4 is 5.32 Å². The molecule has 0 fully saturated rings. The lowest BCUT2D eigenvalue weighted by Gasteiger charge is -2.04. The van der Waals surface area contributed by atoms with E-state index >= 15 is 0 Å². The maximum absolute atomic E-state index is 4.31. The molecule has 0 aliphatic heterocycles. The van der Waals surface area contributed by atoms with Gasteiger partial charge in [-0.25, -0.2) is 14.5 Å². The Balaban J connectivity index is 1.83. The van der Waals surface area contributed by atoms with Crippen molar-refractivity contribution in [1.82, 2.24) is 19.6 Å². The van der Waals surface area contributed by atoms with Crippen LogP contribution in [-0.2, 0) is 6.54 Å². The Hall–Kier alpha value is -1.95. The number of hydrogen-bond donors (Lipinski definition) is 1. The van der Waals surface area contributed by atoms with E-state index in [-0.39, 0.29) is 0 Å². The van der Waals surface area contributed by atoms with Crippen LogP contribution in [0.25, 0.3) is 5.52 Å². The monoisotopic (exact) mass is 245 g/mol. The van der Waals surface area contributed by atoms with Gasteiger partial charge in [-0.15, -0.1) is 11.3 Å². The number of anilines is 1. The molecule has 0 aliphatic carbocycles. The summed E-state index contributed by atoms with van der Waals surface area (Å²) in [6.45, 7) is 2.74. The number of hydrogen-bond acceptors (Lipinski definition) is 5. The molecule has 6 heteroatoms. The highest BCUT2D eigenvalue weighted by Gasteiger charge is 2.03. The molecule has 0 aromatic carbocycles. The lowest BCUT2D eigenvalue weighted by atomic mass is 10.4. The number of rotatable bonds is 3. The maximum Gasteiger partial charge on any atom is 0.152 e. The van der Waals surface area contributed by atoms with Crippen molar-refractivity contribution in [3.05, 3.63) is 40.7 Å². The zero-order chi connectivity index (χ0) is 11.7. The molecule has 0 unspecified atom stereocenters. The van der Waals surface area contributed by atoms with E-state index < -0.39 is 0 Å². The first-order chi connectivity index (χ1) is 8.33. The van der Waals surface area contributed by atoms with Gasteiger partial charge in [0.1, 0.15) is 5.52 Å². The fourth-order valence-corrected chi connectivity index (χ4v) is 2.39. The van der Waals surface area contributed by atoms with Crippen LogP contribution in [0.15, 0.2) is 30.9 Å². The van der Waals surface area contributed by atoms with E-state index in [2.05, 4.69) is 20.4 Å². The zero-order valence-corrected chi connectivity index (χ0v) is 10.1. The zero-order valence-electron chi connectivity index (χ0n) is 9.29. The van der Waals surface area contributed by atoms with E-state index in [9.17, 15) is 0 Å². The standard InChI is InChI=1S/C11H11N5S/c1-8-13-6-9(17-8)7-14-11-10-2-3-15-16(10)5-4-12-11/h2-6H,7H2,1H3,(H,12,14). The highest BCUT2D eigenvalue weighted by Crippen LogP contribution is 2.16. The van der Waals surface area contributed by atoms with Crippen LogP contribution in [0.1, 0.15) is 9.88 Å². The van der Waals surface area contributed by atoms with E-state index in [4.69, 9.17) is 0 Å². The van der Waals surface area contributed by atoms with Crippen LogP contribution in [-0.4, -0.2) is 19.6 Å². The molecule has 5 nitrogen and oxygen atoms in total. The molecule has 17 heavy (non-hydrogen) atoms. The van der Waals surface area contributed by atoms with Crippen molar-refractivity contribution in [2.24, 2.45) is 0 Å². The second kappa shape index (κ2) is 4.14. The third kappa shape index (κ3) is 1.99. The molecule has 0 atom stereocenters. The number of thiazole rings is 1. The van der Waals surface area contributed by atoms with Gasteiger partial charge in [-0.2, -0.15) is 5.10 Å². The molecule has 0 amide bonds. The topological polar surface area (TPSA) is 55.1 Å². The van der Waals surface area contributed by atoms with E-state index in [1.165, 1.54) is 4.88 Å². The first kappa shape index (κ1) is 10.2. The highest BCUT2D eigenvalue weighted by atomic mass is 32.1. The van der Waals surface area contributed by atoms with Gasteiger partial charge < -0.3 is 5.32 Å². The molecule has 3 heterocycles. The minimum atomic E-state index is 0.739. The van der Waals surface area contributed by atoms with Crippen molar-refractivity contribution in [2.45, 2.75) is 13.5 Å². The van der Waals surface area contributed by atoms with Crippen molar-refractivity contribution >= 4 is 22.7 Å². The Morgan fingerprint density at radius 1 is 1.35 bits per heavy atom. The molecule has 0 bridgehead atoms. The summed E-state index contributed by atoms with van der Waals surface area (Å²) < 4.78 is 1.80. The fraction of sp³-hybridized carbons (Fsp3) is 0.182. The molecule has 3 aromatic rings. The van der Waals surface area contributed by atoms with Crippen LogP contribution in [0.5, 0.6) is 0 Å². The first-order valence-corrected chi connectivity index (χ1v) is 6.08. The summed E-state index contributed by atoms with van der Waals surface area (Å²) in [4.78, 5) is 9.73. The quantitative estimate of drug-likeness (QED) is 0.767. The predicted molar refractivity (Wildman–Crippen MR) is 67.2 cm³/mol. The summed E-state index contributed by atoms with van der Waals surface area (Å²) in [6.07, 6.45) is 7.22. The van der Waals surface area contributed by atoms with Crippen molar-refractivity contribution in [2.75, 3.05) is 5.32 Å². The lowest BCUT2D eigenvalue weighted by molar-refractivity contribution is 0.943. The number of fused-ring (bicyclic) bond motifs is 1. The minimum absolute atomic E-state index is 0.739. The van der Waals surface area contributed by atoms with Gasteiger partial charge in [0.05, 0.1) is 17.7 Å². The van der Waals surface area contributed by atoms with Crippen LogP contribution in [0.4, 0.5) is 5.82 Å². The van der Waals surface area contributed by atoms with E-state index in [0.29, 0.717) is 0 Å². The number of nitrogens with zero attached hydrogens (tertiary/aromatic N) is 4. The molecule has 0 saturated carbocycles. The summed E-state index contributed by atoms with van der Waals surface area (Å²) in [5, 5.41) is 8.55. The van der Waals surface area contributed by atoms with E-state index in [1.54, 1.807) is 28.2 Å². The Kier molecular flexibility index (Phi) is 2.49. The van der Waals surface area contributed by atoms with Gasteiger partial charge in [0.15, 0.2) is 5.82 Å². The Morgan fingerprint density at radius 2 is 2.29 bits per heavy atom. The molecule has 0 saturated heterocycles. The summed E-state index contributed by atoms with van der Waals surface area (Å²) >= 11 is 1.69. The van der Waals surface area contributed by atoms with Crippen molar-refractivity contribution in [3.63, 3.8) is 0 Å². The molecule has 3 rings (SSSR count). The second-order valence-corrected chi connectivity index (χ2v) is 4.96. The maximum atomic E-state index is 4.31. The van der Waals surface area contributed by atoms with Gasteiger partial charge >= 0.3 is 0 Å². The molecule has 0 aliphatic rings. The van der Waals surface area contributed by atoms with Crippen molar-refractivity contribution in [1.29, 1.82) is 0 Å². The van der Waals surface area contributed by atoms with Gasteiger partial charge in [0.2, 0.25) is 0 Å². The summed E-state index contributed by atoms with van der Waals surface area (Å²) in [6, 6.07) is 1.94. The molecule has 3 aromatic heterocycles. The average Bonchev–Trinajstić information content (AvgIpc) is 2.94. The molecular formula is C11H11N5S. The SMILES string of the molecule is Cc1ncc(CNc2nccn3nccc23)s1. The fourth-order valence-electron chi connectivity index (χ4n) is 1.65. The summed E-state index contributed by atoms with van der Waals surface area (Å²) in [7, 11) is 0. The third-order valence-corrected chi connectivity index (χ3v) is 3.34. The molecule has 1 N–H and O–H groups in total. The Morgan fingerprint density at radius 3 is 3.12 bits per heavy atom. The van der Waals surface area contributed by atoms with Gasteiger partial charge in [0, 0.05) is 23.5 Å². The Labute approximate surface area is 102 Å². The Bertz CT molecular complexity index is 642. The largest absolute Gasteiger partial charge is 0.363 e. The van der Waals surface area contributed by atoms with Crippen LogP contribution in [0.2, 0.25) is 0 Å². The summed E-state index contributed by atoms with van der Waals surface area (Å²) in [5.74, 6) is 0.844. The molecular weight excluding hydrogens is 234 g/mol. The van der Waals surface area contributed by atoms with Gasteiger partial charge in [-0.1, -0.05) is 0 Å². The van der Waals surface area contributed by atoms with Gasteiger partial charge in [-0.3, -0.25) is 0 Å². The number of nitrogens with one attached hydrogen (secondary N) is 1. The highest BCUT2D eigenvalue weighted by molar-refractivity contribution is 7.11. The molecule has 0 radical (unpaired) electrons. The van der Waals surface area contributed by atoms with Gasteiger partial charge in [-0.05, 0) is 13.0 Å². The average molecular weight is 245 g/mol. The molecule has 0 spiro atoms. The molecule has 86 valence electrons. The van der Waals surface area contributed by atoms with Crippen LogP contribution in [0.3, 0.4) is 0 Å². The van der Waals surface area contributed by atoms with Gasteiger partial charge in [0.25, 0.3) is 0 Å². The van der Waals surface area contributed by atoms with E-state index in [0.717, 1.165) is 22.9 Å². The van der Waals surface area contributed by atoms with Crippen molar-refractivity contribution < 1.29 is 0 Å². The predicted octanol–water partition coefficient (Wildman–Crippen LogP) is 2.11. The number of aryl methyl sites for hydroxylation is 1. The lowest BCUT2D eigenvalue weighted by Crippen LogP contribution is -2.02. The summed E-state index contributed by atoms with van der Waals surface area (Å²) in [5.41, 5.74) is 0.980. The van der Waals surface area contributed by atoms with Crippen molar-refractivity contribution in [3.8, 4) is 0 Å². The first-order valence-electron chi connectivity index (χ1n) is 5.26. The van der Waals surface area contributed by atoms with Crippen LogP contribution in [0, 0.1) is 6.92 Å². The number of aromatic nitrogens is 4. The second-order valence-electron chi connectivity index (χ2n) is 3.64. The smallest absolute Gasteiger partial charge is 0.152 e. The van der Waals surface area contributed by atoms with Crippen LogP contribution >= 0.6 is 11.3 Å². The third-order valence-electron chi connectivity index (χ3n) is 2.42. The van der Waals surface area contributed by atoms with E-state index in [1.807, 2.05) is 25.4 Å².